The summed E-state index contributed by atoms with van der Waals surface area (Å²) >= 11 is 6.44. The first-order valence-corrected chi connectivity index (χ1v) is 8.52. The second kappa shape index (κ2) is 5.86. The second-order valence-electron chi connectivity index (χ2n) is 6.39. The number of halogens is 1. The number of hydrogen-bond donors (Lipinski definition) is 0. The smallest absolute Gasteiger partial charge is 0.0487 e. The first-order chi connectivity index (χ1) is 11.2. The van der Waals surface area contributed by atoms with Crippen molar-refractivity contribution >= 4 is 22.4 Å². The Kier molecular flexibility index (Phi) is 3.71. The standard InChI is InChI=1S/C22H19Cl/c1-15-6-4-11-20-18(12-13-21(23)22(15)20)14-17-9-5-8-16-7-2-3-10-19(16)17/h2-13,17,19H,14H2,1H3. The van der Waals surface area contributed by atoms with Gasteiger partial charge in [0.25, 0.3) is 0 Å². The summed E-state index contributed by atoms with van der Waals surface area (Å²) in [6.45, 7) is 2.13. The molecule has 0 N–H and O–H groups in total. The Bertz CT molecular complexity index is 872. The molecule has 23 heavy (non-hydrogen) atoms. The molecule has 0 saturated heterocycles. The van der Waals surface area contributed by atoms with E-state index in [0.29, 0.717) is 11.8 Å². The molecule has 114 valence electrons. The molecule has 0 aromatic heterocycles. The highest BCUT2D eigenvalue weighted by atomic mass is 35.5. The van der Waals surface area contributed by atoms with Gasteiger partial charge >= 0.3 is 0 Å². The van der Waals surface area contributed by atoms with Crippen LogP contribution in [0.4, 0.5) is 0 Å². The van der Waals surface area contributed by atoms with Crippen LogP contribution in [0.5, 0.6) is 0 Å². The van der Waals surface area contributed by atoms with Gasteiger partial charge in [-0.1, -0.05) is 78.4 Å². The molecule has 2 unspecified atom stereocenters. The second-order valence-corrected chi connectivity index (χ2v) is 6.80. The van der Waals surface area contributed by atoms with Crippen LogP contribution in [0.3, 0.4) is 0 Å². The maximum absolute atomic E-state index is 6.44. The fraction of sp³-hybridized carbons (Fsp3) is 0.182. The molecule has 2 atom stereocenters. The topological polar surface area (TPSA) is 0 Å². The highest BCUT2D eigenvalue weighted by Crippen LogP contribution is 2.36. The zero-order chi connectivity index (χ0) is 15.8. The van der Waals surface area contributed by atoms with E-state index in [2.05, 4.69) is 73.7 Å². The Morgan fingerprint density at radius 3 is 2.83 bits per heavy atom. The molecule has 0 bridgehead atoms. The van der Waals surface area contributed by atoms with Crippen molar-refractivity contribution in [1.29, 1.82) is 0 Å². The molecular formula is C22H19Cl. The zero-order valence-electron chi connectivity index (χ0n) is 13.2. The van der Waals surface area contributed by atoms with E-state index in [1.807, 2.05) is 6.07 Å². The lowest BCUT2D eigenvalue weighted by Crippen LogP contribution is -2.18. The SMILES string of the molecule is Cc1cccc2c(CC3C=CC=C4C=CC=CC43)ccc(Cl)c12. The van der Waals surface area contributed by atoms with E-state index in [4.69, 9.17) is 11.6 Å². The van der Waals surface area contributed by atoms with E-state index in [1.165, 1.54) is 27.5 Å². The molecule has 0 fully saturated rings. The van der Waals surface area contributed by atoms with Crippen LogP contribution in [0, 0.1) is 18.8 Å². The molecule has 2 aliphatic carbocycles. The molecule has 2 aliphatic rings. The molecule has 0 aliphatic heterocycles. The summed E-state index contributed by atoms with van der Waals surface area (Å²) in [4.78, 5) is 0. The molecule has 0 radical (unpaired) electrons. The van der Waals surface area contributed by atoms with Gasteiger partial charge in [-0.3, -0.25) is 0 Å². The van der Waals surface area contributed by atoms with Gasteiger partial charge in [0.1, 0.15) is 0 Å². The molecule has 2 aromatic rings. The summed E-state index contributed by atoms with van der Waals surface area (Å²) in [5.74, 6) is 0.988. The van der Waals surface area contributed by atoms with Gasteiger partial charge in [-0.05, 0) is 47.4 Å². The van der Waals surface area contributed by atoms with Gasteiger partial charge in [0.05, 0.1) is 0 Å². The lowest BCUT2D eigenvalue weighted by atomic mass is 9.76. The summed E-state index contributed by atoms with van der Waals surface area (Å²) in [6, 6.07) is 10.7. The largest absolute Gasteiger partial charge is 0.0837 e. The van der Waals surface area contributed by atoms with E-state index < -0.39 is 0 Å². The third kappa shape index (κ3) is 2.58. The highest BCUT2D eigenvalue weighted by molar-refractivity contribution is 6.36. The lowest BCUT2D eigenvalue weighted by Gasteiger charge is -2.28. The van der Waals surface area contributed by atoms with E-state index >= 15 is 0 Å². The van der Waals surface area contributed by atoms with E-state index in [0.717, 1.165) is 11.4 Å². The number of fused-ring (bicyclic) bond motifs is 2. The number of aryl methyl sites for hydroxylation is 1. The van der Waals surface area contributed by atoms with Gasteiger partial charge < -0.3 is 0 Å². The molecule has 0 saturated carbocycles. The van der Waals surface area contributed by atoms with Crippen LogP contribution in [0.15, 0.2) is 78.4 Å². The van der Waals surface area contributed by atoms with Crippen molar-refractivity contribution in [2.45, 2.75) is 13.3 Å². The zero-order valence-corrected chi connectivity index (χ0v) is 13.9. The van der Waals surface area contributed by atoms with Crippen LogP contribution in [0.1, 0.15) is 11.1 Å². The molecule has 1 heteroatoms. The quantitative estimate of drug-likeness (QED) is 0.618. The minimum Gasteiger partial charge on any atom is -0.0837 e. The number of allylic oxidation sites excluding steroid dienone is 8. The van der Waals surface area contributed by atoms with E-state index in [1.54, 1.807) is 0 Å². The third-order valence-corrected chi connectivity index (χ3v) is 5.27. The van der Waals surface area contributed by atoms with Gasteiger partial charge in [-0.2, -0.15) is 0 Å². The Labute approximate surface area is 142 Å². The fourth-order valence-electron chi connectivity index (χ4n) is 3.78. The lowest BCUT2D eigenvalue weighted by molar-refractivity contribution is 0.531. The molecule has 2 aromatic carbocycles. The predicted octanol–water partition coefficient (Wildman–Crippen LogP) is 6.20. The summed E-state index contributed by atoms with van der Waals surface area (Å²) in [6.07, 6.45) is 16.6. The Morgan fingerprint density at radius 1 is 1.00 bits per heavy atom. The van der Waals surface area contributed by atoms with Gasteiger partial charge in [-0.25, -0.2) is 0 Å². The van der Waals surface area contributed by atoms with Crippen molar-refractivity contribution in [3.63, 3.8) is 0 Å². The number of hydrogen-bond acceptors (Lipinski definition) is 0. The van der Waals surface area contributed by atoms with Crippen molar-refractivity contribution < 1.29 is 0 Å². The van der Waals surface area contributed by atoms with Gasteiger partial charge in [0.2, 0.25) is 0 Å². The summed E-state index contributed by atoms with van der Waals surface area (Å²) in [5, 5.41) is 3.33. The average molecular weight is 319 g/mol. The first kappa shape index (κ1) is 14.5. The Morgan fingerprint density at radius 2 is 1.91 bits per heavy atom. The fourth-order valence-corrected chi connectivity index (χ4v) is 4.10. The van der Waals surface area contributed by atoms with Gasteiger partial charge in [0.15, 0.2) is 0 Å². The van der Waals surface area contributed by atoms with Crippen molar-refractivity contribution in [1.82, 2.24) is 0 Å². The van der Waals surface area contributed by atoms with Crippen molar-refractivity contribution in [3.8, 4) is 0 Å². The minimum atomic E-state index is 0.487. The Hall–Kier alpha value is -2.05. The summed E-state index contributed by atoms with van der Waals surface area (Å²) < 4.78 is 0. The molecule has 0 spiro atoms. The molecule has 0 amide bonds. The molecule has 4 rings (SSSR count). The van der Waals surface area contributed by atoms with Crippen LogP contribution in [-0.4, -0.2) is 0 Å². The van der Waals surface area contributed by atoms with E-state index in [-0.39, 0.29) is 0 Å². The van der Waals surface area contributed by atoms with Crippen LogP contribution in [0.25, 0.3) is 10.8 Å². The van der Waals surface area contributed by atoms with Crippen molar-refractivity contribution in [2.24, 2.45) is 11.8 Å². The predicted molar refractivity (Wildman–Crippen MR) is 99.9 cm³/mol. The molecule has 0 nitrogen and oxygen atoms in total. The van der Waals surface area contributed by atoms with Crippen LogP contribution in [0.2, 0.25) is 5.02 Å². The Balaban J connectivity index is 1.74. The average Bonchev–Trinajstić information content (AvgIpc) is 2.58. The van der Waals surface area contributed by atoms with Crippen LogP contribution < -0.4 is 0 Å². The molecule has 0 heterocycles. The van der Waals surface area contributed by atoms with Crippen LogP contribution >= 0.6 is 11.6 Å². The normalized spacial score (nSPS) is 22.3. The van der Waals surface area contributed by atoms with Crippen molar-refractivity contribution in [3.05, 3.63) is 94.6 Å². The maximum atomic E-state index is 6.44. The van der Waals surface area contributed by atoms with Gasteiger partial charge in [0, 0.05) is 16.3 Å². The number of benzene rings is 2. The maximum Gasteiger partial charge on any atom is 0.0487 e. The first-order valence-electron chi connectivity index (χ1n) is 8.14. The van der Waals surface area contributed by atoms with Gasteiger partial charge in [-0.15, -0.1) is 0 Å². The highest BCUT2D eigenvalue weighted by Gasteiger charge is 2.23. The monoisotopic (exact) mass is 318 g/mol. The minimum absolute atomic E-state index is 0.487. The summed E-state index contributed by atoms with van der Waals surface area (Å²) in [5.41, 5.74) is 4.04. The summed E-state index contributed by atoms with van der Waals surface area (Å²) in [7, 11) is 0. The van der Waals surface area contributed by atoms with Crippen molar-refractivity contribution in [2.75, 3.05) is 0 Å². The third-order valence-electron chi connectivity index (χ3n) is 4.96. The van der Waals surface area contributed by atoms with E-state index in [9.17, 15) is 0 Å². The molecular weight excluding hydrogens is 300 g/mol. The van der Waals surface area contributed by atoms with Crippen LogP contribution in [-0.2, 0) is 6.42 Å². The number of rotatable bonds is 2.